The van der Waals surface area contributed by atoms with E-state index < -0.39 is 11.9 Å². The molecule has 5 nitrogen and oxygen atoms in total. The average molecular weight is 316 g/mol. The second-order valence-electron chi connectivity index (χ2n) is 4.51. The zero-order valence-corrected chi connectivity index (χ0v) is 12.5. The van der Waals surface area contributed by atoms with Crippen LogP contribution in [-0.2, 0) is 9.59 Å². The minimum absolute atomic E-state index is 0. The van der Waals surface area contributed by atoms with E-state index in [4.69, 9.17) is 11.5 Å². The van der Waals surface area contributed by atoms with Gasteiger partial charge in [-0.25, -0.2) is 0 Å². The first kappa shape index (κ1) is 16.8. The Morgan fingerprint density at radius 3 is 2.80 bits per heavy atom. The molecule has 0 saturated carbocycles. The fraction of sp³-hybridized carbons (Fsp3) is 0.385. The van der Waals surface area contributed by atoms with Crippen molar-refractivity contribution >= 4 is 36.0 Å². The number of hydrogen-bond donors (Lipinski definition) is 3. The van der Waals surface area contributed by atoms with Crippen LogP contribution in [0.4, 0.5) is 0 Å². The predicted molar refractivity (Wildman–Crippen MR) is 81.7 cm³/mol. The van der Waals surface area contributed by atoms with Gasteiger partial charge in [0.15, 0.2) is 0 Å². The number of amides is 2. The number of fused-ring (bicyclic) bond motifs is 1. The number of hydrogen-bond acceptors (Lipinski definition) is 4. The second-order valence-corrected chi connectivity index (χ2v) is 5.65. The molecule has 1 heterocycles. The van der Waals surface area contributed by atoms with Crippen LogP contribution in [0.2, 0.25) is 0 Å². The standard InChI is InChI=1S/C13H17N3O2S.ClH/c14-9(7-12(15)17)13(18)16-10-5-6-19-11-4-2-1-3-8(10)11;/h1-4,9-10H,5-7,14H2,(H2,15,17)(H,16,18);1H. The average Bonchev–Trinajstić information content (AvgIpc) is 2.38. The third-order valence-electron chi connectivity index (χ3n) is 3.03. The van der Waals surface area contributed by atoms with Gasteiger partial charge in [-0.05, 0) is 18.1 Å². The molecule has 20 heavy (non-hydrogen) atoms. The van der Waals surface area contributed by atoms with Crippen molar-refractivity contribution in [2.24, 2.45) is 11.5 Å². The summed E-state index contributed by atoms with van der Waals surface area (Å²) in [6, 6.07) is 7.07. The summed E-state index contributed by atoms with van der Waals surface area (Å²) in [5.74, 6) is 0.0558. The maximum atomic E-state index is 11.9. The number of carbonyl (C=O) groups is 2. The molecule has 0 aliphatic carbocycles. The quantitative estimate of drug-likeness (QED) is 0.771. The van der Waals surface area contributed by atoms with E-state index >= 15 is 0 Å². The molecule has 0 radical (unpaired) electrons. The topological polar surface area (TPSA) is 98.2 Å². The molecule has 7 heteroatoms. The summed E-state index contributed by atoms with van der Waals surface area (Å²) in [5.41, 5.74) is 11.8. The molecular weight excluding hydrogens is 298 g/mol. The lowest BCUT2D eigenvalue weighted by Gasteiger charge is -2.26. The van der Waals surface area contributed by atoms with Gasteiger partial charge in [-0.1, -0.05) is 18.2 Å². The van der Waals surface area contributed by atoms with Crippen LogP contribution in [0.5, 0.6) is 0 Å². The molecular formula is C13H18ClN3O2S. The van der Waals surface area contributed by atoms with Gasteiger partial charge in [-0.2, -0.15) is 0 Å². The number of rotatable bonds is 4. The van der Waals surface area contributed by atoms with Crippen molar-refractivity contribution < 1.29 is 9.59 Å². The maximum absolute atomic E-state index is 11.9. The third kappa shape index (κ3) is 4.13. The number of primary amides is 1. The molecule has 0 bridgehead atoms. The number of nitrogens with two attached hydrogens (primary N) is 2. The predicted octanol–water partition coefficient (Wildman–Crippen LogP) is 0.964. The Balaban J connectivity index is 0.00000200. The molecule has 0 saturated heterocycles. The molecule has 5 N–H and O–H groups in total. The zero-order chi connectivity index (χ0) is 13.8. The molecule has 2 rings (SSSR count). The highest BCUT2D eigenvalue weighted by molar-refractivity contribution is 7.99. The lowest BCUT2D eigenvalue weighted by Crippen LogP contribution is -2.44. The van der Waals surface area contributed by atoms with E-state index in [-0.39, 0.29) is 30.8 Å². The highest BCUT2D eigenvalue weighted by Gasteiger charge is 2.24. The molecule has 1 aliphatic rings. The fourth-order valence-corrected chi connectivity index (χ4v) is 3.21. The Bertz CT molecular complexity index is 498. The summed E-state index contributed by atoms with van der Waals surface area (Å²) in [4.78, 5) is 23.9. The van der Waals surface area contributed by atoms with Crippen molar-refractivity contribution in [3.05, 3.63) is 29.8 Å². The van der Waals surface area contributed by atoms with E-state index in [0.717, 1.165) is 17.7 Å². The van der Waals surface area contributed by atoms with Crippen LogP contribution in [0, 0.1) is 0 Å². The lowest BCUT2D eigenvalue weighted by molar-refractivity contribution is -0.126. The molecule has 2 unspecified atom stereocenters. The van der Waals surface area contributed by atoms with Crippen LogP contribution in [0.15, 0.2) is 29.2 Å². The molecule has 2 amide bonds. The van der Waals surface area contributed by atoms with Gasteiger partial charge >= 0.3 is 0 Å². The first-order valence-corrected chi connectivity index (χ1v) is 7.12. The van der Waals surface area contributed by atoms with Gasteiger partial charge in [0, 0.05) is 10.6 Å². The molecule has 0 aromatic heterocycles. The second kappa shape index (κ2) is 7.52. The van der Waals surface area contributed by atoms with Gasteiger partial charge in [0.25, 0.3) is 0 Å². The maximum Gasteiger partial charge on any atom is 0.237 e. The van der Waals surface area contributed by atoms with E-state index in [1.165, 1.54) is 4.90 Å². The highest BCUT2D eigenvalue weighted by Crippen LogP contribution is 2.35. The Labute approximate surface area is 128 Å². The minimum Gasteiger partial charge on any atom is -0.370 e. The van der Waals surface area contributed by atoms with Crippen LogP contribution in [-0.4, -0.2) is 23.6 Å². The smallest absolute Gasteiger partial charge is 0.237 e. The van der Waals surface area contributed by atoms with E-state index in [2.05, 4.69) is 5.32 Å². The van der Waals surface area contributed by atoms with E-state index in [0.29, 0.717) is 0 Å². The Morgan fingerprint density at radius 2 is 2.10 bits per heavy atom. The zero-order valence-electron chi connectivity index (χ0n) is 10.9. The Kier molecular flexibility index (Phi) is 6.32. The van der Waals surface area contributed by atoms with E-state index in [1.807, 2.05) is 24.3 Å². The van der Waals surface area contributed by atoms with Crippen LogP contribution in [0.25, 0.3) is 0 Å². The van der Waals surface area contributed by atoms with Crippen LogP contribution < -0.4 is 16.8 Å². The third-order valence-corrected chi connectivity index (χ3v) is 4.16. The number of halogens is 1. The Morgan fingerprint density at radius 1 is 1.40 bits per heavy atom. The highest BCUT2D eigenvalue weighted by atomic mass is 35.5. The van der Waals surface area contributed by atoms with E-state index in [9.17, 15) is 9.59 Å². The van der Waals surface area contributed by atoms with Gasteiger partial charge < -0.3 is 16.8 Å². The largest absolute Gasteiger partial charge is 0.370 e. The minimum atomic E-state index is -0.876. The summed E-state index contributed by atoms with van der Waals surface area (Å²) < 4.78 is 0. The molecule has 1 aliphatic heterocycles. The van der Waals surface area contributed by atoms with Crippen molar-refractivity contribution in [3.8, 4) is 0 Å². The number of nitrogens with one attached hydrogen (secondary N) is 1. The fourth-order valence-electron chi connectivity index (χ4n) is 2.08. The summed E-state index contributed by atoms with van der Waals surface area (Å²) >= 11 is 1.78. The monoisotopic (exact) mass is 315 g/mol. The molecule has 1 aromatic carbocycles. The first-order valence-electron chi connectivity index (χ1n) is 6.14. The first-order chi connectivity index (χ1) is 9.08. The van der Waals surface area contributed by atoms with Crippen molar-refractivity contribution in [1.82, 2.24) is 5.32 Å². The molecule has 0 spiro atoms. The molecule has 0 fully saturated rings. The van der Waals surface area contributed by atoms with Crippen molar-refractivity contribution in [2.75, 3.05) is 5.75 Å². The summed E-state index contributed by atoms with van der Waals surface area (Å²) in [6.07, 6.45) is 0.728. The van der Waals surface area contributed by atoms with Crippen molar-refractivity contribution in [2.45, 2.75) is 29.8 Å². The van der Waals surface area contributed by atoms with Gasteiger partial charge in [0.2, 0.25) is 11.8 Å². The van der Waals surface area contributed by atoms with Gasteiger partial charge in [-0.15, -0.1) is 24.2 Å². The van der Waals surface area contributed by atoms with Crippen LogP contribution >= 0.6 is 24.2 Å². The van der Waals surface area contributed by atoms with Gasteiger partial charge in [-0.3, -0.25) is 9.59 Å². The molecule has 1 aromatic rings. The van der Waals surface area contributed by atoms with Gasteiger partial charge in [0.1, 0.15) is 0 Å². The van der Waals surface area contributed by atoms with Crippen molar-refractivity contribution in [1.29, 1.82) is 0 Å². The molecule has 2 atom stereocenters. The summed E-state index contributed by atoms with van der Waals surface area (Å²) in [7, 11) is 0. The molecule has 110 valence electrons. The lowest BCUT2D eigenvalue weighted by atomic mass is 10.0. The van der Waals surface area contributed by atoms with Gasteiger partial charge in [0.05, 0.1) is 18.5 Å². The Hall–Kier alpha value is -1.24. The SMILES string of the molecule is Cl.NC(=O)CC(N)C(=O)NC1CCSc2ccccc21. The van der Waals surface area contributed by atoms with Crippen LogP contribution in [0.1, 0.15) is 24.4 Å². The number of thioether (sulfide) groups is 1. The summed E-state index contributed by atoms with van der Waals surface area (Å²) in [5, 5.41) is 2.90. The summed E-state index contributed by atoms with van der Waals surface area (Å²) in [6.45, 7) is 0. The number of benzene rings is 1. The van der Waals surface area contributed by atoms with Crippen molar-refractivity contribution in [3.63, 3.8) is 0 Å². The van der Waals surface area contributed by atoms with Crippen LogP contribution in [0.3, 0.4) is 0 Å². The number of carbonyl (C=O) groups excluding carboxylic acids is 2. The van der Waals surface area contributed by atoms with E-state index in [1.54, 1.807) is 11.8 Å². The normalized spacial score (nSPS) is 18.4.